The molecule has 1 aromatic heterocycles. The summed E-state index contributed by atoms with van der Waals surface area (Å²) in [6.45, 7) is 7.47. The summed E-state index contributed by atoms with van der Waals surface area (Å²) in [5.41, 5.74) is 6.38. The molecule has 0 spiro atoms. The maximum Gasteiger partial charge on any atom is 0.0719 e. The average molecular weight is 325 g/mol. The van der Waals surface area contributed by atoms with Gasteiger partial charge in [0.15, 0.2) is 0 Å². The van der Waals surface area contributed by atoms with E-state index in [2.05, 4.69) is 12.0 Å². The van der Waals surface area contributed by atoms with E-state index in [1.807, 2.05) is 17.8 Å². The lowest BCUT2D eigenvalue weighted by Gasteiger charge is -2.27. The quantitative estimate of drug-likeness (QED) is 0.890. The lowest BCUT2D eigenvalue weighted by atomic mass is 9.93. The van der Waals surface area contributed by atoms with E-state index in [0.29, 0.717) is 17.9 Å². The first-order valence-corrected chi connectivity index (χ1v) is 8.71. The minimum atomic E-state index is -0.145. The highest BCUT2D eigenvalue weighted by Gasteiger charge is 2.22. The Hall–Kier alpha value is -1.11. The molecule has 2 saturated heterocycles. The molecule has 2 aliphatic rings. The van der Waals surface area contributed by atoms with E-state index in [4.69, 9.17) is 20.3 Å². The molecule has 6 nitrogen and oxygen atoms in total. The number of hydrogen-bond donors (Lipinski definition) is 2. The normalized spacial score (nSPS) is 22.9. The summed E-state index contributed by atoms with van der Waals surface area (Å²) in [6, 6.07) is 0.427. The van der Waals surface area contributed by atoms with Crippen LogP contribution in [0.15, 0.2) is 12.4 Å². The van der Waals surface area contributed by atoms with Gasteiger partial charge in [-0.05, 0) is 51.4 Å². The number of aliphatic hydroxyl groups is 1. The second-order valence-corrected chi connectivity index (χ2v) is 6.63. The number of aromatic nitrogens is 2. The Balaban J connectivity index is 0.000000185. The van der Waals surface area contributed by atoms with Crippen LogP contribution >= 0.6 is 0 Å². The van der Waals surface area contributed by atoms with Gasteiger partial charge in [0.25, 0.3) is 0 Å². The van der Waals surface area contributed by atoms with Gasteiger partial charge in [-0.3, -0.25) is 4.68 Å². The van der Waals surface area contributed by atoms with E-state index in [-0.39, 0.29) is 6.10 Å². The van der Waals surface area contributed by atoms with Crippen molar-refractivity contribution in [2.45, 2.75) is 51.7 Å². The summed E-state index contributed by atoms with van der Waals surface area (Å²) < 4.78 is 12.4. The highest BCUT2D eigenvalue weighted by Crippen LogP contribution is 2.27. The van der Waals surface area contributed by atoms with Gasteiger partial charge in [0.05, 0.1) is 24.0 Å². The molecule has 2 fully saturated rings. The Morgan fingerprint density at radius 3 is 2.00 bits per heavy atom. The summed E-state index contributed by atoms with van der Waals surface area (Å²) in [6.07, 6.45) is 7.77. The lowest BCUT2D eigenvalue weighted by Crippen LogP contribution is -2.24. The predicted molar refractivity (Wildman–Crippen MR) is 90.1 cm³/mol. The molecule has 23 heavy (non-hydrogen) atoms. The summed E-state index contributed by atoms with van der Waals surface area (Å²) in [7, 11) is 0. The summed E-state index contributed by atoms with van der Waals surface area (Å²) >= 11 is 0. The third-order valence-corrected chi connectivity index (χ3v) is 4.94. The maximum absolute atomic E-state index is 9.12. The van der Waals surface area contributed by atoms with Crippen molar-refractivity contribution in [1.82, 2.24) is 9.78 Å². The smallest absolute Gasteiger partial charge is 0.0719 e. The summed E-state index contributed by atoms with van der Waals surface area (Å²) in [5, 5.41) is 13.4. The van der Waals surface area contributed by atoms with Gasteiger partial charge in [-0.15, -0.1) is 0 Å². The summed E-state index contributed by atoms with van der Waals surface area (Å²) in [4.78, 5) is 0. The van der Waals surface area contributed by atoms with Crippen LogP contribution in [0.3, 0.4) is 0 Å². The number of nitrogens with two attached hydrogens (primary N) is 1. The van der Waals surface area contributed by atoms with Gasteiger partial charge in [0, 0.05) is 32.6 Å². The Morgan fingerprint density at radius 1 is 1.09 bits per heavy atom. The molecule has 2 unspecified atom stereocenters. The van der Waals surface area contributed by atoms with Crippen LogP contribution in [0.4, 0.5) is 5.69 Å². The summed E-state index contributed by atoms with van der Waals surface area (Å²) in [5.74, 6) is 1.15. The van der Waals surface area contributed by atoms with Gasteiger partial charge < -0.3 is 20.3 Å². The molecule has 0 aromatic carbocycles. The Bertz CT molecular complexity index is 438. The van der Waals surface area contributed by atoms with E-state index in [1.54, 1.807) is 6.20 Å². The van der Waals surface area contributed by atoms with Gasteiger partial charge in [-0.2, -0.15) is 5.10 Å². The van der Waals surface area contributed by atoms with Crippen LogP contribution in [0.2, 0.25) is 0 Å². The van der Waals surface area contributed by atoms with E-state index >= 15 is 0 Å². The first kappa shape index (κ1) is 18.2. The molecule has 3 N–H and O–H groups in total. The number of ether oxygens (including phenoxy) is 2. The van der Waals surface area contributed by atoms with Crippen molar-refractivity contribution in [3.05, 3.63) is 12.4 Å². The van der Waals surface area contributed by atoms with Crippen LogP contribution in [0.5, 0.6) is 0 Å². The van der Waals surface area contributed by atoms with Crippen LogP contribution in [0.25, 0.3) is 0 Å². The molecule has 2 atom stereocenters. The van der Waals surface area contributed by atoms with E-state index < -0.39 is 0 Å². The zero-order valence-electron chi connectivity index (χ0n) is 14.4. The van der Waals surface area contributed by atoms with Crippen LogP contribution < -0.4 is 5.73 Å². The minimum absolute atomic E-state index is 0.145. The average Bonchev–Trinajstić information content (AvgIpc) is 3.03. The molecule has 3 rings (SSSR count). The number of hydrogen-bond acceptors (Lipinski definition) is 5. The fourth-order valence-corrected chi connectivity index (χ4v) is 3.19. The van der Waals surface area contributed by atoms with Crippen LogP contribution in [-0.2, 0) is 9.47 Å². The number of nitrogens with zero attached hydrogens (tertiary/aromatic N) is 2. The standard InChI is InChI=1S/C10H17N3O.C7H14O2/c1-8(9-2-4-14-5-3-9)13-7-10(11)6-12-13;1-6(8)7-2-4-9-5-3-7/h6-9H,2-5,11H2,1H3;6-8H,2-5H2,1H3. The Labute approximate surface area is 139 Å². The Morgan fingerprint density at radius 2 is 1.61 bits per heavy atom. The Kier molecular flexibility index (Phi) is 7.33. The van der Waals surface area contributed by atoms with Gasteiger partial charge in [0.1, 0.15) is 0 Å². The lowest BCUT2D eigenvalue weighted by molar-refractivity contribution is 0.0152. The molecule has 6 heteroatoms. The molecule has 0 bridgehead atoms. The van der Waals surface area contributed by atoms with E-state index in [1.165, 1.54) is 0 Å². The van der Waals surface area contributed by atoms with E-state index in [0.717, 1.165) is 57.8 Å². The molecule has 3 heterocycles. The fraction of sp³-hybridized carbons (Fsp3) is 0.824. The van der Waals surface area contributed by atoms with Crippen LogP contribution in [0.1, 0.15) is 45.6 Å². The molecule has 0 radical (unpaired) electrons. The van der Waals surface area contributed by atoms with Crippen molar-refractivity contribution < 1.29 is 14.6 Å². The number of aliphatic hydroxyl groups excluding tert-OH is 1. The third kappa shape index (κ3) is 5.79. The second kappa shape index (κ2) is 9.25. The monoisotopic (exact) mass is 325 g/mol. The number of nitrogen functional groups attached to an aromatic ring is 1. The minimum Gasteiger partial charge on any atom is -0.396 e. The second-order valence-electron chi connectivity index (χ2n) is 6.63. The molecular formula is C17H31N3O3. The first-order chi connectivity index (χ1) is 11.1. The molecule has 0 amide bonds. The highest BCUT2D eigenvalue weighted by atomic mass is 16.5. The molecule has 1 aromatic rings. The molecular weight excluding hydrogens is 294 g/mol. The fourth-order valence-electron chi connectivity index (χ4n) is 3.19. The predicted octanol–water partition coefficient (Wildman–Crippen LogP) is 2.25. The molecule has 0 saturated carbocycles. The molecule has 0 aliphatic carbocycles. The van der Waals surface area contributed by atoms with Crippen LogP contribution in [-0.4, -0.2) is 47.4 Å². The molecule has 2 aliphatic heterocycles. The van der Waals surface area contributed by atoms with Gasteiger partial charge in [0.2, 0.25) is 0 Å². The maximum atomic E-state index is 9.12. The van der Waals surface area contributed by atoms with Crippen molar-refractivity contribution in [3.63, 3.8) is 0 Å². The van der Waals surface area contributed by atoms with Crippen LogP contribution in [0, 0.1) is 11.8 Å². The van der Waals surface area contributed by atoms with Crippen molar-refractivity contribution in [2.75, 3.05) is 32.2 Å². The van der Waals surface area contributed by atoms with Crippen molar-refractivity contribution >= 4 is 5.69 Å². The van der Waals surface area contributed by atoms with Crippen molar-refractivity contribution in [2.24, 2.45) is 11.8 Å². The van der Waals surface area contributed by atoms with Gasteiger partial charge in [-0.1, -0.05) is 0 Å². The van der Waals surface area contributed by atoms with Gasteiger partial charge in [-0.25, -0.2) is 0 Å². The zero-order valence-corrected chi connectivity index (χ0v) is 14.4. The zero-order chi connectivity index (χ0) is 16.7. The molecule has 132 valence electrons. The largest absolute Gasteiger partial charge is 0.396 e. The highest BCUT2D eigenvalue weighted by molar-refractivity contribution is 5.30. The third-order valence-electron chi connectivity index (χ3n) is 4.94. The topological polar surface area (TPSA) is 82.5 Å². The van der Waals surface area contributed by atoms with Crippen molar-refractivity contribution in [3.8, 4) is 0 Å². The number of rotatable bonds is 3. The van der Waals surface area contributed by atoms with Gasteiger partial charge >= 0.3 is 0 Å². The first-order valence-electron chi connectivity index (χ1n) is 8.71. The van der Waals surface area contributed by atoms with E-state index in [9.17, 15) is 0 Å². The number of anilines is 1. The SMILES string of the molecule is CC(C1CCOCC1)n1cc(N)cn1.CC(O)C1CCOCC1. The van der Waals surface area contributed by atoms with Crippen molar-refractivity contribution in [1.29, 1.82) is 0 Å².